The molecule has 1 saturated heterocycles. The molecule has 0 bridgehead atoms. The van der Waals surface area contributed by atoms with Crippen LogP contribution >= 0.6 is 11.3 Å². The van der Waals surface area contributed by atoms with Gasteiger partial charge in [0, 0.05) is 29.4 Å². The SMILES string of the molecule is OC1CCN(CCCNCc2ccc(-c3ccc(C(F)(F)F)cc3)s2)CC1. The normalized spacial score (nSPS) is 16.7. The average Bonchev–Trinajstić information content (AvgIpc) is 3.11. The maximum atomic E-state index is 12.6. The van der Waals surface area contributed by atoms with Gasteiger partial charge < -0.3 is 15.3 Å². The Balaban J connectivity index is 1.40. The molecule has 1 fully saturated rings. The van der Waals surface area contributed by atoms with Gasteiger partial charge in [-0.2, -0.15) is 13.2 Å². The second kappa shape index (κ2) is 9.19. The number of aliphatic hydroxyl groups excluding tert-OH is 1. The third-order valence-corrected chi connectivity index (χ3v) is 5.98. The number of rotatable bonds is 7. The number of hydrogen-bond acceptors (Lipinski definition) is 4. The van der Waals surface area contributed by atoms with Gasteiger partial charge in [0.05, 0.1) is 11.7 Å². The Labute approximate surface area is 161 Å². The Morgan fingerprint density at radius 3 is 2.44 bits per heavy atom. The van der Waals surface area contributed by atoms with Crippen LogP contribution in [0.4, 0.5) is 13.2 Å². The van der Waals surface area contributed by atoms with Crippen LogP contribution in [0.3, 0.4) is 0 Å². The molecule has 1 aromatic carbocycles. The molecule has 3 nitrogen and oxygen atoms in total. The van der Waals surface area contributed by atoms with E-state index in [4.69, 9.17) is 0 Å². The summed E-state index contributed by atoms with van der Waals surface area (Å²) >= 11 is 1.60. The molecule has 2 heterocycles. The molecule has 0 amide bonds. The zero-order chi connectivity index (χ0) is 19.3. The van der Waals surface area contributed by atoms with Crippen LogP contribution in [0.25, 0.3) is 10.4 Å². The van der Waals surface area contributed by atoms with Crippen molar-refractivity contribution in [2.75, 3.05) is 26.2 Å². The van der Waals surface area contributed by atoms with Gasteiger partial charge in [-0.3, -0.25) is 0 Å². The topological polar surface area (TPSA) is 35.5 Å². The highest BCUT2D eigenvalue weighted by molar-refractivity contribution is 7.15. The number of aliphatic hydroxyl groups is 1. The van der Waals surface area contributed by atoms with Crippen molar-refractivity contribution in [3.05, 3.63) is 46.8 Å². The number of hydrogen-bond donors (Lipinski definition) is 2. The number of piperidine rings is 1. The summed E-state index contributed by atoms with van der Waals surface area (Å²) < 4.78 is 37.9. The summed E-state index contributed by atoms with van der Waals surface area (Å²) in [5, 5.41) is 12.9. The summed E-state index contributed by atoms with van der Waals surface area (Å²) in [4.78, 5) is 4.54. The molecular weight excluding hydrogens is 373 g/mol. The molecule has 148 valence electrons. The highest BCUT2D eigenvalue weighted by Crippen LogP contribution is 2.33. The number of likely N-dealkylation sites (tertiary alicyclic amines) is 1. The number of alkyl halides is 3. The van der Waals surface area contributed by atoms with Gasteiger partial charge in [0.25, 0.3) is 0 Å². The highest BCUT2D eigenvalue weighted by Gasteiger charge is 2.30. The standard InChI is InChI=1S/C20H25F3N2OS/c21-20(22,23)16-4-2-15(3-5-16)19-7-6-18(27-19)14-24-10-1-11-25-12-8-17(26)9-13-25/h2-7,17,24,26H,1,8-14H2. The van der Waals surface area contributed by atoms with Gasteiger partial charge in [0.1, 0.15) is 0 Å². The van der Waals surface area contributed by atoms with E-state index in [9.17, 15) is 18.3 Å². The summed E-state index contributed by atoms with van der Waals surface area (Å²) in [6, 6.07) is 9.31. The van der Waals surface area contributed by atoms with E-state index >= 15 is 0 Å². The Bertz CT molecular complexity index is 707. The quantitative estimate of drug-likeness (QED) is 0.680. The minimum absolute atomic E-state index is 0.128. The van der Waals surface area contributed by atoms with Gasteiger partial charge in [0.2, 0.25) is 0 Å². The van der Waals surface area contributed by atoms with Crippen LogP contribution < -0.4 is 5.32 Å². The Kier molecular flexibility index (Phi) is 6.92. The Hall–Kier alpha value is -1.41. The fourth-order valence-electron chi connectivity index (χ4n) is 3.23. The van der Waals surface area contributed by atoms with Crippen LogP contribution in [0.5, 0.6) is 0 Å². The molecule has 3 rings (SSSR count). The zero-order valence-electron chi connectivity index (χ0n) is 15.1. The smallest absolute Gasteiger partial charge is 0.393 e. The fraction of sp³-hybridized carbons (Fsp3) is 0.500. The first-order valence-electron chi connectivity index (χ1n) is 9.29. The van der Waals surface area contributed by atoms with Gasteiger partial charge in [-0.15, -0.1) is 11.3 Å². The minimum atomic E-state index is -4.29. The molecule has 0 atom stereocenters. The van der Waals surface area contributed by atoms with Crippen molar-refractivity contribution in [2.45, 2.75) is 38.1 Å². The van der Waals surface area contributed by atoms with Gasteiger partial charge in [-0.05, 0) is 62.2 Å². The molecule has 2 aromatic rings. The summed E-state index contributed by atoms with van der Waals surface area (Å²) in [6.45, 7) is 4.68. The van der Waals surface area contributed by atoms with Crippen LogP contribution in [-0.2, 0) is 12.7 Å². The van der Waals surface area contributed by atoms with Gasteiger partial charge in [-0.1, -0.05) is 12.1 Å². The number of thiophene rings is 1. The molecule has 0 unspecified atom stereocenters. The first-order valence-corrected chi connectivity index (χ1v) is 10.1. The summed E-state index contributed by atoms with van der Waals surface area (Å²) in [5.41, 5.74) is 0.194. The molecule has 7 heteroatoms. The third kappa shape index (κ3) is 6.04. The third-order valence-electron chi connectivity index (χ3n) is 4.84. The predicted molar refractivity (Wildman–Crippen MR) is 103 cm³/mol. The molecule has 2 N–H and O–H groups in total. The molecule has 0 radical (unpaired) electrons. The van der Waals surface area contributed by atoms with E-state index in [0.717, 1.165) is 74.6 Å². The average molecular weight is 398 g/mol. The number of nitrogens with one attached hydrogen (secondary N) is 1. The maximum absolute atomic E-state index is 12.6. The van der Waals surface area contributed by atoms with Gasteiger partial charge in [0.15, 0.2) is 0 Å². The van der Waals surface area contributed by atoms with Crippen molar-refractivity contribution in [1.82, 2.24) is 10.2 Å². The lowest BCUT2D eigenvalue weighted by atomic mass is 10.1. The van der Waals surface area contributed by atoms with E-state index < -0.39 is 11.7 Å². The molecule has 1 aliphatic rings. The fourth-order valence-corrected chi connectivity index (χ4v) is 4.22. The minimum Gasteiger partial charge on any atom is -0.393 e. The highest BCUT2D eigenvalue weighted by atomic mass is 32.1. The number of benzene rings is 1. The monoisotopic (exact) mass is 398 g/mol. The lowest BCUT2D eigenvalue weighted by Crippen LogP contribution is -2.37. The van der Waals surface area contributed by atoms with Crippen LogP contribution in [0.1, 0.15) is 29.7 Å². The van der Waals surface area contributed by atoms with Crippen LogP contribution in [0.15, 0.2) is 36.4 Å². The lowest BCUT2D eigenvalue weighted by molar-refractivity contribution is -0.137. The number of halogens is 3. The Morgan fingerprint density at radius 2 is 1.78 bits per heavy atom. The molecule has 1 aromatic heterocycles. The van der Waals surface area contributed by atoms with E-state index in [-0.39, 0.29) is 6.10 Å². The van der Waals surface area contributed by atoms with Crippen molar-refractivity contribution >= 4 is 11.3 Å². The van der Waals surface area contributed by atoms with Gasteiger partial charge >= 0.3 is 6.18 Å². The van der Waals surface area contributed by atoms with E-state index in [1.165, 1.54) is 17.0 Å². The van der Waals surface area contributed by atoms with E-state index in [1.54, 1.807) is 11.3 Å². The summed E-state index contributed by atoms with van der Waals surface area (Å²) in [5.74, 6) is 0. The van der Waals surface area contributed by atoms with Crippen molar-refractivity contribution in [1.29, 1.82) is 0 Å². The van der Waals surface area contributed by atoms with Crippen LogP contribution in [0.2, 0.25) is 0 Å². The molecule has 1 aliphatic heterocycles. The molecule has 0 aliphatic carbocycles. The molecular formula is C20H25F3N2OS. The summed E-state index contributed by atoms with van der Waals surface area (Å²) in [6.07, 6.45) is -1.62. The van der Waals surface area contributed by atoms with E-state index in [1.807, 2.05) is 12.1 Å². The second-order valence-corrected chi connectivity index (χ2v) is 8.11. The van der Waals surface area contributed by atoms with Crippen molar-refractivity contribution in [3.63, 3.8) is 0 Å². The lowest BCUT2D eigenvalue weighted by Gasteiger charge is -2.29. The first-order chi connectivity index (χ1) is 12.9. The maximum Gasteiger partial charge on any atom is 0.416 e. The van der Waals surface area contributed by atoms with Gasteiger partial charge in [-0.25, -0.2) is 0 Å². The molecule has 0 spiro atoms. The van der Waals surface area contributed by atoms with Crippen LogP contribution in [-0.4, -0.2) is 42.3 Å². The van der Waals surface area contributed by atoms with Crippen molar-refractivity contribution in [3.8, 4) is 10.4 Å². The Morgan fingerprint density at radius 1 is 1.07 bits per heavy atom. The largest absolute Gasteiger partial charge is 0.416 e. The number of nitrogens with zero attached hydrogens (tertiary/aromatic N) is 1. The molecule has 0 saturated carbocycles. The van der Waals surface area contributed by atoms with E-state index in [0.29, 0.717) is 0 Å². The first kappa shape index (κ1) is 20.3. The van der Waals surface area contributed by atoms with Crippen molar-refractivity contribution in [2.24, 2.45) is 0 Å². The predicted octanol–water partition coefficient (Wildman–Crippen LogP) is 4.37. The summed E-state index contributed by atoms with van der Waals surface area (Å²) in [7, 11) is 0. The zero-order valence-corrected chi connectivity index (χ0v) is 16.0. The second-order valence-electron chi connectivity index (χ2n) is 6.94. The van der Waals surface area contributed by atoms with Crippen LogP contribution in [0, 0.1) is 0 Å². The van der Waals surface area contributed by atoms with E-state index in [2.05, 4.69) is 10.2 Å². The molecule has 27 heavy (non-hydrogen) atoms. The van der Waals surface area contributed by atoms with Crippen molar-refractivity contribution < 1.29 is 18.3 Å².